The zero-order chi connectivity index (χ0) is 25.3. The van der Waals surface area contributed by atoms with Gasteiger partial charge in [-0.15, -0.1) is 0 Å². The lowest BCUT2D eigenvalue weighted by molar-refractivity contribution is -0.160. The van der Waals surface area contributed by atoms with E-state index in [0.29, 0.717) is 0 Å². The Balaban J connectivity index is 2.75. The second-order valence-electron chi connectivity index (χ2n) is 9.46. The highest BCUT2D eigenvalue weighted by molar-refractivity contribution is 7.54. The van der Waals surface area contributed by atoms with E-state index in [-0.39, 0.29) is 24.5 Å². The van der Waals surface area contributed by atoms with Crippen molar-refractivity contribution in [1.82, 2.24) is 9.55 Å². The number of nitrogens with one attached hydrogen (secondary N) is 1. The molecule has 0 aliphatic carbocycles. The number of carbonyl (C=O) groups is 2. The molecule has 0 aliphatic rings. The Morgan fingerprint density at radius 1 is 1.03 bits per heavy atom. The molecule has 33 heavy (non-hydrogen) atoms. The lowest BCUT2D eigenvalue weighted by atomic mass is 9.93. The van der Waals surface area contributed by atoms with Gasteiger partial charge in [0.1, 0.15) is 0 Å². The Hall–Kier alpha value is -2.49. The highest BCUT2D eigenvalue weighted by Gasteiger charge is 2.28. The van der Waals surface area contributed by atoms with Gasteiger partial charge in [0.05, 0.1) is 18.0 Å². The Morgan fingerprint density at radius 3 is 2.18 bits per heavy atom. The van der Waals surface area contributed by atoms with Crippen molar-refractivity contribution in [1.29, 1.82) is 0 Å². The molecule has 186 valence electrons. The van der Waals surface area contributed by atoms with Crippen LogP contribution in [0.5, 0.6) is 0 Å². The van der Waals surface area contributed by atoms with Gasteiger partial charge in [0.15, 0.2) is 0 Å². The number of esters is 2. The molecule has 0 spiro atoms. The first-order valence-electron chi connectivity index (χ1n) is 10.3. The fourth-order valence-electron chi connectivity index (χ4n) is 2.16. The van der Waals surface area contributed by atoms with E-state index >= 15 is 0 Å². The maximum atomic E-state index is 13.0. The summed E-state index contributed by atoms with van der Waals surface area (Å²) in [6.07, 6.45) is 4.18. The van der Waals surface area contributed by atoms with Crippen LogP contribution >= 0.6 is 7.60 Å². The van der Waals surface area contributed by atoms with Gasteiger partial charge in [-0.05, 0) is 26.2 Å². The van der Waals surface area contributed by atoms with Crippen molar-refractivity contribution in [2.24, 2.45) is 10.8 Å². The molecule has 0 aliphatic heterocycles. The molecular formula is C21H33N2O9P. The van der Waals surface area contributed by atoms with Crippen LogP contribution in [0.1, 0.15) is 48.0 Å². The van der Waals surface area contributed by atoms with Gasteiger partial charge in [0, 0.05) is 18.8 Å². The van der Waals surface area contributed by atoms with Gasteiger partial charge in [0.25, 0.3) is 5.56 Å². The summed E-state index contributed by atoms with van der Waals surface area (Å²) in [5.41, 5.74) is -2.18. The maximum absolute atomic E-state index is 13.0. The molecule has 0 aromatic carbocycles. The van der Waals surface area contributed by atoms with Crippen molar-refractivity contribution >= 4 is 19.5 Å². The van der Waals surface area contributed by atoms with Gasteiger partial charge in [-0.1, -0.05) is 32.9 Å². The summed E-state index contributed by atoms with van der Waals surface area (Å²) in [5, 5.41) is 0. The Kier molecular flexibility index (Phi) is 10.5. The molecule has 1 N–H and O–H groups in total. The second-order valence-corrected chi connectivity index (χ2v) is 11.6. The topological polar surface area (TPSA) is 143 Å². The standard InChI is InChI=1S/C21H33N2O9P/c1-20(2,3)13-17(25)29-14-31-33(28,32-15-30-18(26)21(4,5)6)12-8-7-10-23-11-9-16(24)22-19(23)27/h7-9,11H,10,12-15H2,1-6H3,(H,22,24,27)/b8-7-. The third-order valence-corrected chi connectivity index (χ3v) is 5.55. The number of rotatable bonds is 11. The molecule has 0 bridgehead atoms. The molecule has 12 heteroatoms. The first-order chi connectivity index (χ1) is 15.1. The van der Waals surface area contributed by atoms with Crippen LogP contribution in [-0.2, 0) is 39.2 Å². The van der Waals surface area contributed by atoms with Crippen molar-refractivity contribution in [3.8, 4) is 0 Å². The third kappa shape index (κ3) is 11.8. The van der Waals surface area contributed by atoms with E-state index in [1.165, 1.54) is 29.0 Å². The van der Waals surface area contributed by atoms with Crippen LogP contribution in [0.15, 0.2) is 34.0 Å². The lowest BCUT2D eigenvalue weighted by Gasteiger charge is -2.20. The average Bonchev–Trinajstić information content (AvgIpc) is 2.64. The van der Waals surface area contributed by atoms with E-state index < -0.39 is 49.8 Å². The number of H-pyrrole nitrogens is 1. The number of aromatic amines is 1. The number of carbonyl (C=O) groups excluding carboxylic acids is 2. The van der Waals surface area contributed by atoms with Crippen molar-refractivity contribution in [2.45, 2.75) is 54.5 Å². The van der Waals surface area contributed by atoms with Crippen LogP contribution < -0.4 is 11.2 Å². The van der Waals surface area contributed by atoms with Crippen LogP contribution in [0.3, 0.4) is 0 Å². The quantitative estimate of drug-likeness (QED) is 0.215. The number of hydrogen-bond acceptors (Lipinski definition) is 9. The van der Waals surface area contributed by atoms with Crippen LogP contribution in [0.4, 0.5) is 0 Å². The minimum atomic E-state index is -3.86. The van der Waals surface area contributed by atoms with Crippen molar-refractivity contribution < 1.29 is 32.7 Å². The number of nitrogens with zero attached hydrogens (tertiary/aromatic N) is 1. The molecule has 1 heterocycles. The zero-order valence-corrected chi connectivity index (χ0v) is 20.8. The molecule has 1 unspecified atom stereocenters. The van der Waals surface area contributed by atoms with E-state index in [4.69, 9.17) is 18.5 Å². The molecular weight excluding hydrogens is 455 g/mol. The fraction of sp³-hybridized carbons (Fsp3) is 0.619. The van der Waals surface area contributed by atoms with Crippen LogP contribution in [0, 0.1) is 10.8 Å². The molecule has 0 amide bonds. The Labute approximate surface area is 192 Å². The molecule has 1 aromatic rings. The minimum Gasteiger partial charge on any atom is -0.438 e. The smallest absolute Gasteiger partial charge is 0.340 e. The molecule has 0 saturated carbocycles. The van der Waals surface area contributed by atoms with Crippen molar-refractivity contribution in [3.63, 3.8) is 0 Å². The largest absolute Gasteiger partial charge is 0.438 e. The molecule has 1 atom stereocenters. The van der Waals surface area contributed by atoms with E-state index in [1.807, 2.05) is 20.8 Å². The highest BCUT2D eigenvalue weighted by Crippen LogP contribution is 2.48. The SMILES string of the molecule is CC(C)(C)CC(=O)OCOP(=O)(C/C=C\Cn1ccc(=O)[nH]c1=O)OCOC(=O)C(C)(C)C. The predicted molar refractivity (Wildman–Crippen MR) is 121 cm³/mol. The summed E-state index contributed by atoms with van der Waals surface area (Å²) in [5.74, 6) is -1.08. The molecule has 0 fully saturated rings. The Morgan fingerprint density at radius 2 is 1.64 bits per heavy atom. The van der Waals surface area contributed by atoms with E-state index in [2.05, 4.69) is 4.98 Å². The van der Waals surface area contributed by atoms with Gasteiger partial charge in [-0.3, -0.25) is 37.5 Å². The summed E-state index contributed by atoms with van der Waals surface area (Å²) in [7, 11) is -3.86. The number of ether oxygens (including phenoxy) is 2. The summed E-state index contributed by atoms with van der Waals surface area (Å²) >= 11 is 0. The van der Waals surface area contributed by atoms with Crippen LogP contribution in [0.25, 0.3) is 0 Å². The normalized spacial score (nSPS) is 14.1. The monoisotopic (exact) mass is 488 g/mol. The summed E-state index contributed by atoms with van der Waals surface area (Å²) in [6, 6.07) is 1.20. The summed E-state index contributed by atoms with van der Waals surface area (Å²) in [4.78, 5) is 48.7. The summed E-state index contributed by atoms with van der Waals surface area (Å²) in [6.45, 7) is 9.44. The molecule has 0 radical (unpaired) electrons. The number of hydrogen-bond donors (Lipinski definition) is 1. The number of aromatic nitrogens is 2. The number of allylic oxidation sites excluding steroid dienone is 2. The van der Waals surface area contributed by atoms with E-state index in [0.717, 1.165) is 0 Å². The van der Waals surface area contributed by atoms with Gasteiger partial charge < -0.3 is 9.47 Å². The van der Waals surface area contributed by atoms with E-state index in [9.17, 15) is 23.7 Å². The van der Waals surface area contributed by atoms with Crippen LogP contribution in [-0.4, -0.2) is 41.2 Å². The second kappa shape index (κ2) is 12.1. The molecule has 1 rings (SSSR count). The first-order valence-corrected chi connectivity index (χ1v) is 12.0. The fourth-order valence-corrected chi connectivity index (χ4v) is 3.27. The maximum Gasteiger partial charge on any atom is 0.340 e. The zero-order valence-electron chi connectivity index (χ0n) is 19.9. The van der Waals surface area contributed by atoms with E-state index in [1.54, 1.807) is 20.8 Å². The van der Waals surface area contributed by atoms with Gasteiger partial charge in [0.2, 0.25) is 13.6 Å². The van der Waals surface area contributed by atoms with Gasteiger partial charge in [-0.25, -0.2) is 4.79 Å². The van der Waals surface area contributed by atoms with Crippen molar-refractivity contribution in [2.75, 3.05) is 19.7 Å². The third-order valence-electron chi connectivity index (χ3n) is 3.89. The average molecular weight is 488 g/mol. The highest BCUT2D eigenvalue weighted by atomic mass is 31.2. The molecule has 0 saturated heterocycles. The molecule has 11 nitrogen and oxygen atoms in total. The summed E-state index contributed by atoms with van der Waals surface area (Å²) < 4.78 is 34.6. The molecule has 1 aromatic heterocycles. The minimum absolute atomic E-state index is 0.0925. The first kappa shape index (κ1) is 28.5. The lowest BCUT2D eigenvalue weighted by Crippen LogP contribution is -2.28. The predicted octanol–water partition coefficient (Wildman–Crippen LogP) is 2.80. The van der Waals surface area contributed by atoms with Gasteiger partial charge in [-0.2, -0.15) is 0 Å². The Bertz CT molecular complexity index is 996. The van der Waals surface area contributed by atoms with Crippen LogP contribution in [0.2, 0.25) is 0 Å². The van der Waals surface area contributed by atoms with Crippen molar-refractivity contribution in [3.05, 3.63) is 45.3 Å². The van der Waals surface area contributed by atoms with Gasteiger partial charge >= 0.3 is 25.2 Å².